The number of likely N-dealkylation sites (tertiary alicyclic amines) is 1. The average molecular weight is 902 g/mol. The molecule has 2 heterocycles. The van der Waals surface area contributed by atoms with Gasteiger partial charge in [-0.3, -0.25) is 28.9 Å². The fraction of sp³-hybridized carbons (Fsp3) is 0.696. The molecule has 5 amide bonds. The Hall–Kier alpha value is -3.57. The van der Waals surface area contributed by atoms with Crippen molar-refractivity contribution in [3.8, 4) is 0 Å². The van der Waals surface area contributed by atoms with Crippen molar-refractivity contribution in [3.05, 3.63) is 52.0 Å². The summed E-state index contributed by atoms with van der Waals surface area (Å²) < 4.78 is 12.2. The van der Waals surface area contributed by atoms with Crippen molar-refractivity contribution in [2.24, 2.45) is 23.7 Å². The van der Waals surface area contributed by atoms with Crippen LogP contribution < -0.4 is 10.6 Å². The van der Waals surface area contributed by atoms with Crippen LogP contribution in [0.25, 0.3) is 0 Å². The molecular weight excluding hydrogens is 827 g/mol. The summed E-state index contributed by atoms with van der Waals surface area (Å²) in [4.78, 5) is 81.2. The molecule has 0 saturated carbocycles. The molecule has 0 aliphatic carbocycles. The summed E-state index contributed by atoms with van der Waals surface area (Å²) in [5, 5.41) is 8.61. The maximum atomic E-state index is 14.4. The fourth-order valence-corrected chi connectivity index (χ4v) is 9.90. The van der Waals surface area contributed by atoms with Gasteiger partial charge in [0, 0.05) is 52.5 Å². The molecule has 348 valence electrons. The molecule has 2 aromatic rings. The van der Waals surface area contributed by atoms with Gasteiger partial charge in [-0.1, -0.05) is 85.2 Å². The van der Waals surface area contributed by atoms with E-state index in [0.29, 0.717) is 42.4 Å². The number of aromatic nitrogens is 1. The largest absolute Gasteiger partial charge is 0.379 e. The van der Waals surface area contributed by atoms with E-state index in [1.165, 1.54) is 11.3 Å². The highest BCUT2D eigenvalue weighted by atomic mass is 32.1. The monoisotopic (exact) mass is 902 g/mol. The summed E-state index contributed by atoms with van der Waals surface area (Å²) in [5.74, 6) is -1.37. The summed E-state index contributed by atoms with van der Waals surface area (Å²) in [6, 6.07) is 7.26. The topological polar surface area (TPSA) is 154 Å². The van der Waals surface area contributed by atoms with Crippen LogP contribution in [-0.2, 0) is 35.1 Å². The fourth-order valence-electron chi connectivity index (χ4n) is 8.76. The molecule has 0 radical (unpaired) electrons. The van der Waals surface area contributed by atoms with Crippen LogP contribution >= 0.6 is 24.0 Å². The zero-order chi connectivity index (χ0) is 46.4. The molecule has 1 aliphatic heterocycles. The lowest BCUT2D eigenvalue weighted by molar-refractivity contribution is -0.148. The standard InChI is InChI=1S/C46H75N7O7S2/c1-14-30(6)40(52(11)46(58)38(28(2)3)49-43(56)39(29(4)5)50(8)9)36(59-12)26-37(54)53-22-18-21-35(53)41(60-13)31(7)42(55)47-33(25-32-19-16-15-17-20-32)44-48-34(27-62-44)45(57)51(10)23-24-61/h15-17,19-20,27-31,33,35-36,38-41,61H,14,18,21-26H2,1-13H3,(H,47,55)(H,49,56)/t30-,31+,33-,35-,36+,38-,39?,40-,41+/m0/s1. The number of thiazole rings is 1. The lowest BCUT2D eigenvalue weighted by Crippen LogP contribution is -2.59. The lowest BCUT2D eigenvalue weighted by Gasteiger charge is -2.41. The molecule has 1 aromatic heterocycles. The second kappa shape index (κ2) is 25.1. The Morgan fingerprint density at radius 2 is 1.60 bits per heavy atom. The van der Waals surface area contributed by atoms with Crippen LogP contribution in [0.4, 0.5) is 0 Å². The maximum absolute atomic E-state index is 14.4. The third-order valence-corrected chi connectivity index (χ3v) is 13.5. The van der Waals surface area contributed by atoms with Crippen LogP contribution in [0.15, 0.2) is 35.7 Å². The van der Waals surface area contributed by atoms with E-state index >= 15 is 0 Å². The third kappa shape index (κ3) is 13.7. The first kappa shape index (κ1) is 52.8. The van der Waals surface area contributed by atoms with Gasteiger partial charge in [-0.15, -0.1) is 11.3 Å². The van der Waals surface area contributed by atoms with E-state index in [2.05, 4.69) is 28.2 Å². The highest BCUT2D eigenvalue weighted by molar-refractivity contribution is 7.80. The number of benzene rings is 1. The SMILES string of the molecule is CC[C@H](C)[C@@H]([C@@H](CC(=O)N1CCC[C@H]1[C@H](OC)[C@@H](C)C(=O)N[C@@H](Cc1ccccc1)c1nc(C(=O)N(C)CCS)cs1)OC)N(C)C(=O)[C@@H](NC(=O)C(C(C)C)N(C)C)C(C)C. The summed E-state index contributed by atoms with van der Waals surface area (Å²) in [6.07, 6.45) is 1.33. The Morgan fingerprint density at radius 1 is 0.935 bits per heavy atom. The lowest BCUT2D eigenvalue weighted by atomic mass is 9.89. The maximum Gasteiger partial charge on any atom is 0.273 e. The van der Waals surface area contributed by atoms with Crippen molar-refractivity contribution in [3.63, 3.8) is 0 Å². The second-order valence-electron chi connectivity index (χ2n) is 17.7. The van der Waals surface area contributed by atoms with Crippen LogP contribution in [0.2, 0.25) is 0 Å². The zero-order valence-electron chi connectivity index (χ0n) is 39.4. The first-order valence-corrected chi connectivity index (χ1v) is 23.6. The number of methoxy groups -OCH3 is 2. The van der Waals surface area contributed by atoms with Crippen LogP contribution in [0.5, 0.6) is 0 Å². The van der Waals surface area contributed by atoms with Crippen LogP contribution in [0, 0.1) is 23.7 Å². The number of likely N-dealkylation sites (N-methyl/N-ethyl adjacent to an activating group) is 2. The van der Waals surface area contributed by atoms with Crippen molar-refractivity contribution in [2.75, 3.05) is 61.3 Å². The number of hydrogen-bond donors (Lipinski definition) is 3. The minimum absolute atomic E-state index is 0.0127. The number of ether oxygens (including phenoxy) is 2. The number of amides is 5. The van der Waals surface area contributed by atoms with Crippen molar-refractivity contribution < 1.29 is 33.4 Å². The van der Waals surface area contributed by atoms with Gasteiger partial charge >= 0.3 is 0 Å². The zero-order valence-corrected chi connectivity index (χ0v) is 41.1. The Balaban J connectivity index is 1.83. The number of nitrogens with zero attached hydrogens (tertiary/aromatic N) is 5. The molecule has 1 saturated heterocycles. The van der Waals surface area contributed by atoms with Gasteiger partial charge in [0.05, 0.1) is 48.7 Å². The molecule has 9 atom stereocenters. The summed E-state index contributed by atoms with van der Waals surface area (Å²) in [6.45, 7) is 14.7. The predicted octanol–water partition coefficient (Wildman–Crippen LogP) is 5.19. The van der Waals surface area contributed by atoms with Crippen molar-refractivity contribution in [1.29, 1.82) is 0 Å². The van der Waals surface area contributed by atoms with E-state index in [0.717, 1.165) is 18.4 Å². The minimum Gasteiger partial charge on any atom is -0.379 e. The molecule has 1 aromatic carbocycles. The molecule has 1 unspecified atom stereocenters. The number of carbonyl (C=O) groups is 5. The summed E-state index contributed by atoms with van der Waals surface area (Å²) in [7, 11) is 10.3. The first-order valence-electron chi connectivity index (χ1n) is 22.1. The van der Waals surface area contributed by atoms with Gasteiger partial charge in [-0.05, 0) is 56.7 Å². The van der Waals surface area contributed by atoms with E-state index in [1.807, 2.05) is 103 Å². The first-order chi connectivity index (χ1) is 29.3. The number of rotatable bonds is 24. The normalized spacial score (nSPS) is 18.1. The molecule has 62 heavy (non-hydrogen) atoms. The second-order valence-corrected chi connectivity index (χ2v) is 19.1. The average Bonchev–Trinajstić information content (AvgIpc) is 3.93. The van der Waals surface area contributed by atoms with E-state index in [1.54, 1.807) is 43.5 Å². The van der Waals surface area contributed by atoms with Gasteiger partial charge in [0.15, 0.2) is 0 Å². The predicted molar refractivity (Wildman–Crippen MR) is 249 cm³/mol. The molecule has 1 fully saturated rings. The van der Waals surface area contributed by atoms with Crippen LogP contribution in [0.1, 0.15) is 101 Å². The van der Waals surface area contributed by atoms with Gasteiger partial charge < -0.3 is 34.8 Å². The van der Waals surface area contributed by atoms with Gasteiger partial charge in [0.25, 0.3) is 5.91 Å². The number of carbonyl (C=O) groups excluding carboxylic acids is 5. The van der Waals surface area contributed by atoms with Gasteiger partial charge in [0.2, 0.25) is 23.6 Å². The third-order valence-electron chi connectivity index (χ3n) is 12.4. The van der Waals surface area contributed by atoms with Crippen molar-refractivity contribution in [2.45, 2.75) is 123 Å². The molecule has 16 heteroatoms. The van der Waals surface area contributed by atoms with E-state index < -0.39 is 42.3 Å². The van der Waals surface area contributed by atoms with E-state index in [-0.39, 0.29) is 59.8 Å². The molecule has 2 N–H and O–H groups in total. The highest BCUT2D eigenvalue weighted by Gasteiger charge is 2.43. The Labute approximate surface area is 380 Å². The Bertz CT molecular complexity index is 1740. The number of thiol groups is 1. The molecule has 0 spiro atoms. The Kier molecular flexibility index (Phi) is 21.3. The van der Waals surface area contributed by atoms with E-state index in [9.17, 15) is 24.0 Å². The Morgan fingerprint density at radius 3 is 2.15 bits per heavy atom. The van der Waals surface area contributed by atoms with Crippen molar-refractivity contribution in [1.82, 2.24) is 35.2 Å². The highest BCUT2D eigenvalue weighted by Crippen LogP contribution is 2.31. The van der Waals surface area contributed by atoms with E-state index in [4.69, 9.17) is 9.47 Å². The van der Waals surface area contributed by atoms with Gasteiger partial charge in [-0.25, -0.2) is 4.98 Å². The van der Waals surface area contributed by atoms with Crippen LogP contribution in [-0.4, -0.2) is 152 Å². The van der Waals surface area contributed by atoms with Crippen LogP contribution in [0.3, 0.4) is 0 Å². The minimum atomic E-state index is -0.774. The van der Waals surface area contributed by atoms with Gasteiger partial charge in [0.1, 0.15) is 16.7 Å². The van der Waals surface area contributed by atoms with Crippen molar-refractivity contribution >= 4 is 53.5 Å². The molecule has 0 bridgehead atoms. The van der Waals surface area contributed by atoms with Gasteiger partial charge in [-0.2, -0.15) is 12.6 Å². The molecular formula is C46H75N7O7S2. The number of hydrogen-bond acceptors (Lipinski definition) is 11. The quantitative estimate of drug-likeness (QED) is 0.121. The smallest absolute Gasteiger partial charge is 0.273 e. The number of nitrogens with one attached hydrogen (secondary N) is 2. The molecule has 14 nitrogen and oxygen atoms in total. The molecule has 3 rings (SSSR count). The summed E-state index contributed by atoms with van der Waals surface area (Å²) >= 11 is 5.58. The molecule has 1 aliphatic rings. The summed E-state index contributed by atoms with van der Waals surface area (Å²) in [5.41, 5.74) is 1.32.